The number of benzene rings is 1. The van der Waals surface area contributed by atoms with Crippen molar-refractivity contribution < 1.29 is 14.1 Å². The van der Waals surface area contributed by atoms with Gasteiger partial charge >= 0.3 is 0 Å². The molecule has 1 aromatic heterocycles. The van der Waals surface area contributed by atoms with Crippen LogP contribution >= 0.6 is 0 Å². The molecular formula is C20H26N4O3. The molecule has 1 fully saturated rings. The molecular weight excluding hydrogens is 344 g/mol. The number of aromatic nitrogens is 2. The summed E-state index contributed by atoms with van der Waals surface area (Å²) in [6.45, 7) is 2.05. The number of rotatable bonds is 6. The molecule has 0 atom stereocenters. The van der Waals surface area contributed by atoms with Crippen molar-refractivity contribution in [3.05, 3.63) is 35.7 Å². The Morgan fingerprint density at radius 3 is 2.44 bits per heavy atom. The highest BCUT2D eigenvalue weighted by Gasteiger charge is 2.15. The van der Waals surface area contributed by atoms with Crippen molar-refractivity contribution in [1.82, 2.24) is 20.8 Å². The van der Waals surface area contributed by atoms with Crippen LogP contribution < -0.4 is 10.6 Å². The lowest BCUT2D eigenvalue weighted by molar-refractivity contribution is -0.121. The molecule has 2 N–H and O–H groups in total. The molecule has 1 saturated carbocycles. The first-order valence-electron chi connectivity index (χ1n) is 9.60. The maximum absolute atomic E-state index is 12.2. The molecule has 1 aromatic carbocycles. The van der Waals surface area contributed by atoms with E-state index in [4.69, 9.17) is 4.52 Å². The second-order valence-corrected chi connectivity index (χ2v) is 6.98. The number of aryl methyl sites for hydroxylation is 1. The quantitative estimate of drug-likeness (QED) is 0.762. The van der Waals surface area contributed by atoms with E-state index >= 15 is 0 Å². The van der Waals surface area contributed by atoms with Crippen molar-refractivity contribution in [2.24, 2.45) is 0 Å². The number of nitrogens with one attached hydrogen (secondary N) is 2. The molecule has 2 amide bonds. The fourth-order valence-electron chi connectivity index (χ4n) is 3.30. The standard InChI is InChI=1S/C20H26N4O3/c1-14-22-19(24-27-14)15-8-10-16(11-9-15)20(26)21-13-12-18(25)23-17-6-4-2-3-5-7-17/h8-11,17H,2-7,12-13H2,1H3,(H,21,26)(H,23,25). The van der Waals surface area contributed by atoms with Gasteiger partial charge < -0.3 is 15.2 Å². The molecule has 1 aliphatic carbocycles. The van der Waals surface area contributed by atoms with Gasteiger partial charge in [0.25, 0.3) is 5.91 Å². The van der Waals surface area contributed by atoms with Crippen LogP contribution in [0.5, 0.6) is 0 Å². The predicted octanol–water partition coefficient (Wildman–Crippen LogP) is 3.00. The van der Waals surface area contributed by atoms with Gasteiger partial charge in [-0.1, -0.05) is 43.0 Å². The number of nitrogens with zero attached hydrogens (tertiary/aromatic N) is 2. The monoisotopic (exact) mass is 370 g/mol. The average molecular weight is 370 g/mol. The number of hydrogen-bond acceptors (Lipinski definition) is 5. The topological polar surface area (TPSA) is 97.1 Å². The van der Waals surface area contributed by atoms with Crippen LogP contribution in [0, 0.1) is 6.92 Å². The Labute approximate surface area is 158 Å². The summed E-state index contributed by atoms with van der Waals surface area (Å²) in [5, 5.41) is 9.73. The summed E-state index contributed by atoms with van der Waals surface area (Å²) in [7, 11) is 0. The van der Waals surface area contributed by atoms with Gasteiger partial charge in [0.1, 0.15) is 0 Å². The molecule has 1 aliphatic rings. The van der Waals surface area contributed by atoms with E-state index in [1.54, 1.807) is 31.2 Å². The van der Waals surface area contributed by atoms with E-state index in [0.29, 0.717) is 30.2 Å². The Morgan fingerprint density at radius 1 is 1.11 bits per heavy atom. The Balaban J connectivity index is 1.42. The molecule has 0 bridgehead atoms. The van der Waals surface area contributed by atoms with Crippen LogP contribution in [0.3, 0.4) is 0 Å². The van der Waals surface area contributed by atoms with Crippen molar-refractivity contribution in [3.8, 4) is 11.4 Å². The molecule has 0 radical (unpaired) electrons. The second kappa shape index (κ2) is 9.30. The highest BCUT2D eigenvalue weighted by Crippen LogP contribution is 2.17. The predicted molar refractivity (Wildman–Crippen MR) is 101 cm³/mol. The third-order valence-electron chi connectivity index (χ3n) is 4.79. The molecule has 144 valence electrons. The van der Waals surface area contributed by atoms with E-state index in [9.17, 15) is 9.59 Å². The third kappa shape index (κ3) is 5.64. The molecule has 0 aliphatic heterocycles. The summed E-state index contributed by atoms with van der Waals surface area (Å²) in [4.78, 5) is 28.4. The summed E-state index contributed by atoms with van der Waals surface area (Å²) in [5.74, 6) is 0.793. The SMILES string of the molecule is Cc1nc(-c2ccc(C(=O)NCCC(=O)NC3CCCCCC3)cc2)no1. The van der Waals surface area contributed by atoms with Crippen molar-refractivity contribution in [1.29, 1.82) is 0 Å². The normalized spacial score (nSPS) is 15.1. The summed E-state index contributed by atoms with van der Waals surface area (Å²) in [6.07, 6.45) is 7.29. The van der Waals surface area contributed by atoms with Gasteiger partial charge in [-0.05, 0) is 25.0 Å². The van der Waals surface area contributed by atoms with E-state index in [2.05, 4.69) is 20.8 Å². The number of hydrogen-bond donors (Lipinski definition) is 2. The molecule has 0 saturated heterocycles. The van der Waals surface area contributed by atoms with E-state index in [1.165, 1.54) is 25.7 Å². The smallest absolute Gasteiger partial charge is 0.251 e. The molecule has 2 aromatic rings. The first-order chi connectivity index (χ1) is 13.1. The van der Waals surface area contributed by atoms with Crippen LogP contribution in [-0.2, 0) is 4.79 Å². The number of amides is 2. The van der Waals surface area contributed by atoms with Crippen molar-refractivity contribution in [2.75, 3.05) is 6.54 Å². The largest absolute Gasteiger partial charge is 0.353 e. The van der Waals surface area contributed by atoms with Crippen LogP contribution in [0.4, 0.5) is 0 Å². The summed E-state index contributed by atoms with van der Waals surface area (Å²) in [5.41, 5.74) is 1.31. The average Bonchev–Trinajstić information content (AvgIpc) is 2.94. The molecule has 7 nitrogen and oxygen atoms in total. The maximum Gasteiger partial charge on any atom is 0.251 e. The first-order valence-corrected chi connectivity index (χ1v) is 9.60. The Kier molecular flexibility index (Phi) is 6.57. The van der Waals surface area contributed by atoms with Crippen molar-refractivity contribution in [2.45, 2.75) is 57.9 Å². The zero-order valence-corrected chi connectivity index (χ0v) is 15.7. The van der Waals surface area contributed by atoms with Gasteiger partial charge in [0.05, 0.1) is 0 Å². The molecule has 27 heavy (non-hydrogen) atoms. The molecule has 7 heteroatoms. The lowest BCUT2D eigenvalue weighted by Gasteiger charge is -2.16. The Morgan fingerprint density at radius 2 is 1.81 bits per heavy atom. The van der Waals surface area contributed by atoms with Gasteiger partial charge in [-0.2, -0.15) is 4.98 Å². The van der Waals surface area contributed by atoms with Crippen molar-refractivity contribution >= 4 is 11.8 Å². The van der Waals surface area contributed by atoms with Crippen LogP contribution in [0.1, 0.15) is 61.2 Å². The Bertz CT molecular complexity index is 762. The summed E-state index contributed by atoms with van der Waals surface area (Å²) >= 11 is 0. The van der Waals surface area contributed by atoms with Crippen molar-refractivity contribution in [3.63, 3.8) is 0 Å². The lowest BCUT2D eigenvalue weighted by Crippen LogP contribution is -2.36. The maximum atomic E-state index is 12.2. The fraction of sp³-hybridized carbons (Fsp3) is 0.500. The van der Waals surface area contributed by atoms with E-state index in [0.717, 1.165) is 18.4 Å². The number of carbonyl (C=O) groups excluding carboxylic acids is 2. The zero-order chi connectivity index (χ0) is 19.1. The molecule has 0 unspecified atom stereocenters. The van der Waals surface area contributed by atoms with E-state index in [-0.39, 0.29) is 17.9 Å². The lowest BCUT2D eigenvalue weighted by atomic mass is 10.1. The molecule has 0 spiro atoms. The minimum atomic E-state index is -0.201. The zero-order valence-electron chi connectivity index (χ0n) is 15.7. The highest BCUT2D eigenvalue weighted by atomic mass is 16.5. The van der Waals surface area contributed by atoms with Crippen LogP contribution in [-0.4, -0.2) is 34.5 Å². The first kappa shape index (κ1) is 19.1. The van der Waals surface area contributed by atoms with Gasteiger partial charge in [0, 0.05) is 37.1 Å². The van der Waals surface area contributed by atoms with Crippen LogP contribution in [0.2, 0.25) is 0 Å². The second-order valence-electron chi connectivity index (χ2n) is 6.98. The van der Waals surface area contributed by atoms with Gasteiger partial charge in [-0.3, -0.25) is 9.59 Å². The van der Waals surface area contributed by atoms with Gasteiger partial charge in [-0.25, -0.2) is 0 Å². The minimum absolute atomic E-state index is 0.00465. The molecule has 1 heterocycles. The summed E-state index contributed by atoms with van der Waals surface area (Å²) in [6, 6.07) is 7.26. The van der Waals surface area contributed by atoms with Crippen LogP contribution in [0.15, 0.2) is 28.8 Å². The summed E-state index contributed by atoms with van der Waals surface area (Å²) < 4.78 is 4.96. The van der Waals surface area contributed by atoms with E-state index < -0.39 is 0 Å². The highest BCUT2D eigenvalue weighted by molar-refractivity contribution is 5.94. The number of carbonyl (C=O) groups is 2. The van der Waals surface area contributed by atoms with Gasteiger partial charge in [0.2, 0.25) is 17.6 Å². The minimum Gasteiger partial charge on any atom is -0.353 e. The van der Waals surface area contributed by atoms with Gasteiger partial charge in [-0.15, -0.1) is 0 Å². The molecule has 3 rings (SSSR count). The third-order valence-corrected chi connectivity index (χ3v) is 4.79. The van der Waals surface area contributed by atoms with Crippen LogP contribution in [0.25, 0.3) is 11.4 Å². The Hall–Kier alpha value is -2.70. The fourth-order valence-corrected chi connectivity index (χ4v) is 3.30. The van der Waals surface area contributed by atoms with E-state index in [1.807, 2.05) is 0 Å². The van der Waals surface area contributed by atoms with Gasteiger partial charge in [0.15, 0.2) is 0 Å².